The van der Waals surface area contributed by atoms with Crippen molar-refractivity contribution in [2.45, 2.75) is 195 Å². The Balaban J connectivity index is 4.86. The monoisotopic (exact) mass is 593 g/mol. The van der Waals surface area contributed by atoms with Crippen LogP contribution in [0.2, 0.25) is 0 Å². The summed E-state index contributed by atoms with van der Waals surface area (Å²) in [6.45, 7) is 11.9. The van der Waals surface area contributed by atoms with Crippen LogP contribution >= 0.6 is 0 Å². The van der Waals surface area contributed by atoms with Gasteiger partial charge in [-0.3, -0.25) is 14.4 Å². The van der Waals surface area contributed by atoms with Gasteiger partial charge in [-0.25, -0.2) is 0 Å². The fraction of sp³-hybridized carbons (Fsp3) is 0.919. The second kappa shape index (κ2) is 31.0. The van der Waals surface area contributed by atoms with Gasteiger partial charge in [0, 0.05) is 26.2 Å². The van der Waals surface area contributed by atoms with E-state index in [4.69, 9.17) is 0 Å². The number of amides is 2. The summed E-state index contributed by atoms with van der Waals surface area (Å²) in [7, 11) is 0. The van der Waals surface area contributed by atoms with Gasteiger partial charge in [-0.05, 0) is 25.7 Å². The molecule has 5 nitrogen and oxygen atoms in total. The van der Waals surface area contributed by atoms with Crippen molar-refractivity contribution >= 4 is 17.6 Å². The lowest BCUT2D eigenvalue weighted by molar-refractivity contribution is -0.138. The molecule has 0 heterocycles. The van der Waals surface area contributed by atoms with Gasteiger partial charge >= 0.3 is 0 Å². The first-order valence-electron chi connectivity index (χ1n) is 18.6. The molecule has 0 N–H and O–H groups in total. The quantitative estimate of drug-likeness (QED) is 0.0577. The molecule has 5 heteroatoms. The number of rotatable bonds is 32. The van der Waals surface area contributed by atoms with E-state index in [1.54, 1.807) is 0 Å². The van der Waals surface area contributed by atoms with Gasteiger partial charge in [0.15, 0.2) is 5.78 Å². The van der Waals surface area contributed by atoms with E-state index < -0.39 is 0 Å². The second-order valence-electron chi connectivity index (χ2n) is 12.7. The van der Waals surface area contributed by atoms with Gasteiger partial charge in [0.25, 0.3) is 0 Å². The van der Waals surface area contributed by atoms with Gasteiger partial charge < -0.3 is 9.80 Å². The largest absolute Gasteiger partial charge is 0.342 e. The van der Waals surface area contributed by atoms with Crippen LogP contribution in [0.3, 0.4) is 0 Å². The molecular weight excluding hydrogens is 520 g/mol. The fourth-order valence-corrected chi connectivity index (χ4v) is 5.68. The molecule has 0 fully saturated rings. The van der Waals surface area contributed by atoms with E-state index >= 15 is 0 Å². The zero-order valence-electron chi connectivity index (χ0n) is 28.8. The molecule has 0 spiro atoms. The summed E-state index contributed by atoms with van der Waals surface area (Å²) in [6.07, 6.45) is 28.3. The molecule has 0 radical (unpaired) electrons. The Morgan fingerprint density at radius 1 is 0.333 bits per heavy atom. The van der Waals surface area contributed by atoms with E-state index in [2.05, 4.69) is 27.7 Å². The van der Waals surface area contributed by atoms with Crippen LogP contribution in [0, 0.1) is 0 Å². The van der Waals surface area contributed by atoms with E-state index in [0.717, 1.165) is 77.5 Å². The van der Waals surface area contributed by atoms with Crippen LogP contribution in [0.1, 0.15) is 195 Å². The van der Waals surface area contributed by atoms with Crippen molar-refractivity contribution in [3.8, 4) is 0 Å². The summed E-state index contributed by atoms with van der Waals surface area (Å²) >= 11 is 0. The number of Topliss-reactive ketones (excluding diaryl/α,β-unsaturated/α-hetero) is 1. The molecule has 0 aliphatic carbocycles. The third kappa shape index (κ3) is 25.1. The molecule has 0 aliphatic rings. The molecule has 0 aromatic carbocycles. The number of nitrogens with zero attached hydrogens (tertiary/aromatic N) is 2. The van der Waals surface area contributed by atoms with E-state index in [1.165, 1.54) is 103 Å². The maximum Gasteiger partial charge on any atom is 0.230 e. The molecule has 248 valence electrons. The third-order valence-electron chi connectivity index (χ3n) is 8.53. The van der Waals surface area contributed by atoms with E-state index in [9.17, 15) is 14.4 Å². The van der Waals surface area contributed by atoms with Crippen LogP contribution < -0.4 is 0 Å². The summed E-state index contributed by atoms with van der Waals surface area (Å²) in [5.41, 5.74) is 0. The predicted octanol–water partition coefficient (Wildman–Crippen LogP) is 10.4. The first kappa shape index (κ1) is 40.6. The first-order chi connectivity index (χ1) is 20.5. The first-order valence-corrected chi connectivity index (χ1v) is 18.6. The molecule has 0 aliphatic heterocycles. The molecule has 0 atom stereocenters. The molecule has 2 amide bonds. The van der Waals surface area contributed by atoms with Crippen LogP contribution in [-0.2, 0) is 14.4 Å². The van der Waals surface area contributed by atoms with Crippen molar-refractivity contribution < 1.29 is 14.4 Å². The molecule has 0 saturated carbocycles. The van der Waals surface area contributed by atoms with Crippen molar-refractivity contribution in [1.82, 2.24) is 9.80 Å². The minimum absolute atomic E-state index is 0.0756. The number of hydrogen-bond donors (Lipinski definition) is 0. The van der Waals surface area contributed by atoms with Crippen LogP contribution in [0.5, 0.6) is 0 Å². The highest BCUT2D eigenvalue weighted by Gasteiger charge is 2.21. The Hall–Kier alpha value is -1.39. The average Bonchev–Trinajstić information content (AvgIpc) is 2.97. The van der Waals surface area contributed by atoms with Gasteiger partial charge in [0.1, 0.15) is 0 Å². The van der Waals surface area contributed by atoms with Gasteiger partial charge in [-0.1, -0.05) is 156 Å². The molecule has 0 saturated heterocycles. The summed E-state index contributed by atoms with van der Waals surface area (Å²) < 4.78 is 0. The van der Waals surface area contributed by atoms with Gasteiger partial charge in [-0.15, -0.1) is 0 Å². The van der Waals surface area contributed by atoms with Gasteiger partial charge in [-0.2, -0.15) is 0 Å². The minimum atomic E-state index is -0.211. The second-order valence-corrected chi connectivity index (χ2v) is 12.7. The van der Waals surface area contributed by atoms with Crippen LogP contribution in [0.25, 0.3) is 0 Å². The zero-order chi connectivity index (χ0) is 31.1. The Morgan fingerprint density at radius 2 is 0.548 bits per heavy atom. The number of ketones is 1. The number of unbranched alkanes of at least 4 members (excludes halogenated alkanes) is 20. The van der Waals surface area contributed by atoms with Crippen LogP contribution in [-0.4, -0.2) is 53.6 Å². The fourth-order valence-electron chi connectivity index (χ4n) is 5.68. The highest BCUT2D eigenvalue weighted by atomic mass is 16.2. The molecule has 42 heavy (non-hydrogen) atoms. The Labute approximate surface area is 262 Å². The lowest BCUT2D eigenvalue weighted by atomic mass is 10.1. The molecule has 0 rings (SSSR count). The predicted molar refractivity (Wildman–Crippen MR) is 181 cm³/mol. The van der Waals surface area contributed by atoms with Crippen molar-refractivity contribution in [2.24, 2.45) is 0 Å². The zero-order valence-corrected chi connectivity index (χ0v) is 28.8. The van der Waals surface area contributed by atoms with Crippen LogP contribution in [0.15, 0.2) is 0 Å². The molecule has 0 unspecified atom stereocenters. The van der Waals surface area contributed by atoms with Crippen molar-refractivity contribution in [2.75, 3.05) is 26.2 Å². The molecule has 0 aromatic rings. The van der Waals surface area contributed by atoms with E-state index in [-0.39, 0.29) is 30.4 Å². The Morgan fingerprint density at radius 3 is 0.786 bits per heavy atom. The number of hydrogen-bond acceptors (Lipinski definition) is 3. The molecule has 0 bridgehead atoms. The Kier molecular flexibility index (Phi) is 30.0. The maximum atomic E-state index is 13.2. The minimum Gasteiger partial charge on any atom is -0.342 e. The highest BCUT2D eigenvalue weighted by Crippen LogP contribution is 2.13. The van der Waals surface area contributed by atoms with Gasteiger partial charge in [0.05, 0.1) is 12.8 Å². The lowest BCUT2D eigenvalue weighted by Crippen LogP contribution is -2.37. The standard InChI is InChI=1S/C37H72N2O3/c1-5-9-13-17-21-25-29-38(30-26-22-18-14-10-6-2)36(41)33-35(40)34-37(42)39(31-27-23-19-15-11-7-3)32-28-24-20-16-12-8-4/h5-34H2,1-4H3. The third-order valence-corrected chi connectivity index (χ3v) is 8.53. The summed E-state index contributed by atoms with van der Waals surface area (Å²) in [4.78, 5) is 43.2. The van der Waals surface area contributed by atoms with E-state index in [0.29, 0.717) is 0 Å². The lowest BCUT2D eigenvalue weighted by Gasteiger charge is -2.24. The van der Waals surface area contributed by atoms with Crippen molar-refractivity contribution in [3.63, 3.8) is 0 Å². The Bertz CT molecular complexity index is 553. The normalized spacial score (nSPS) is 11.1. The SMILES string of the molecule is CCCCCCCCN(CCCCCCCC)C(=O)CC(=O)CC(=O)N(CCCCCCCC)CCCCCCCC. The molecular formula is C37H72N2O3. The maximum absolute atomic E-state index is 13.2. The summed E-state index contributed by atoms with van der Waals surface area (Å²) in [6, 6.07) is 0. The number of carbonyl (C=O) groups is 3. The summed E-state index contributed by atoms with van der Waals surface area (Å²) in [5.74, 6) is -0.363. The van der Waals surface area contributed by atoms with Crippen molar-refractivity contribution in [3.05, 3.63) is 0 Å². The van der Waals surface area contributed by atoms with Crippen molar-refractivity contribution in [1.29, 1.82) is 0 Å². The average molecular weight is 593 g/mol. The van der Waals surface area contributed by atoms with E-state index in [1.807, 2.05) is 9.80 Å². The topological polar surface area (TPSA) is 57.7 Å². The summed E-state index contributed by atoms with van der Waals surface area (Å²) in [5, 5.41) is 0. The highest BCUT2D eigenvalue weighted by molar-refractivity contribution is 6.06. The van der Waals surface area contributed by atoms with Crippen LogP contribution in [0.4, 0.5) is 0 Å². The molecule has 0 aromatic heterocycles. The number of carbonyl (C=O) groups excluding carboxylic acids is 3. The smallest absolute Gasteiger partial charge is 0.230 e. The van der Waals surface area contributed by atoms with Gasteiger partial charge in [0.2, 0.25) is 11.8 Å².